The molecule has 0 aliphatic carbocycles. The first-order valence-corrected chi connectivity index (χ1v) is 6.64. The summed E-state index contributed by atoms with van der Waals surface area (Å²) >= 11 is 0. The summed E-state index contributed by atoms with van der Waals surface area (Å²) in [6.45, 7) is 1.86. The molecule has 2 atom stereocenters. The van der Waals surface area contributed by atoms with E-state index in [9.17, 15) is 18.4 Å². The van der Waals surface area contributed by atoms with Gasteiger partial charge in [-0.05, 0) is 25.5 Å². The molecule has 0 spiro atoms. The van der Waals surface area contributed by atoms with Gasteiger partial charge in [0, 0.05) is 24.8 Å². The molecule has 0 saturated carbocycles. The van der Waals surface area contributed by atoms with E-state index in [-0.39, 0.29) is 12.1 Å². The maximum absolute atomic E-state index is 13.9. The van der Waals surface area contributed by atoms with Crippen LogP contribution in [0.25, 0.3) is 0 Å². The minimum atomic E-state index is -0.966. The van der Waals surface area contributed by atoms with Crippen molar-refractivity contribution in [2.24, 2.45) is 0 Å². The summed E-state index contributed by atoms with van der Waals surface area (Å²) in [6, 6.07) is 2.07. The highest BCUT2D eigenvalue weighted by Gasteiger charge is 2.45. The number of Topliss-reactive ketones (excluding diaryl/α,β-unsaturated/α-hetero) is 1. The van der Waals surface area contributed by atoms with Gasteiger partial charge in [0.15, 0.2) is 5.78 Å². The Bertz CT molecular complexity index is 612. The third-order valence-electron chi connectivity index (χ3n) is 4.20. The van der Waals surface area contributed by atoms with Crippen LogP contribution in [0.3, 0.4) is 0 Å². The van der Waals surface area contributed by atoms with Crippen molar-refractivity contribution in [1.82, 2.24) is 4.90 Å². The summed E-state index contributed by atoms with van der Waals surface area (Å²) < 4.78 is 27.7. The molecule has 112 valence electrons. The molecule has 1 aromatic carbocycles. The van der Waals surface area contributed by atoms with Crippen molar-refractivity contribution in [3.05, 3.63) is 29.3 Å². The number of rotatable bonds is 2. The molecule has 1 amide bonds. The van der Waals surface area contributed by atoms with Gasteiger partial charge in [0.1, 0.15) is 11.6 Å². The van der Waals surface area contributed by atoms with Crippen molar-refractivity contribution in [2.75, 3.05) is 18.0 Å². The Balaban J connectivity index is 1.88. The lowest BCUT2D eigenvalue weighted by atomic mass is 10.1. The second-order valence-electron chi connectivity index (χ2n) is 5.47. The lowest BCUT2D eigenvalue weighted by Gasteiger charge is -2.34. The first-order valence-electron chi connectivity index (χ1n) is 6.64. The molecule has 2 aliphatic heterocycles. The number of carboxylic acid groups (broad SMARTS) is 1. The minimum absolute atomic E-state index is 0.0759. The van der Waals surface area contributed by atoms with E-state index >= 15 is 0 Å². The SMILES string of the molecule is CC(=O)c1c(F)cc(N2CC3CC2CN3C(=O)O)cc1F. The first kappa shape index (κ1) is 13.8. The molecule has 2 heterocycles. The molecule has 0 aromatic heterocycles. The van der Waals surface area contributed by atoms with Gasteiger partial charge in [-0.25, -0.2) is 13.6 Å². The molecule has 2 bridgehead atoms. The number of carbonyl (C=O) groups excluding carboxylic acids is 1. The lowest BCUT2D eigenvalue weighted by Crippen LogP contribution is -2.48. The molecule has 2 aliphatic rings. The van der Waals surface area contributed by atoms with Crippen LogP contribution in [0.15, 0.2) is 12.1 Å². The Hall–Kier alpha value is -2.18. The summed E-state index contributed by atoms with van der Waals surface area (Å²) in [4.78, 5) is 25.4. The second kappa shape index (κ2) is 4.68. The number of hydrogen-bond acceptors (Lipinski definition) is 3. The van der Waals surface area contributed by atoms with Crippen LogP contribution >= 0.6 is 0 Å². The summed E-state index contributed by atoms with van der Waals surface area (Å²) in [5.74, 6) is -2.41. The molecule has 21 heavy (non-hydrogen) atoms. The second-order valence-corrected chi connectivity index (χ2v) is 5.47. The van der Waals surface area contributed by atoms with Gasteiger partial charge in [0.2, 0.25) is 0 Å². The predicted octanol–water partition coefficient (Wildman–Crippen LogP) is 2.11. The zero-order chi connectivity index (χ0) is 15.3. The Morgan fingerprint density at radius 2 is 1.81 bits per heavy atom. The molecule has 0 radical (unpaired) electrons. The van der Waals surface area contributed by atoms with Crippen LogP contribution in [0, 0.1) is 11.6 Å². The van der Waals surface area contributed by atoms with Crippen molar-refractivity contribution in [1.29, 1.82) is 0 Å². The zero-order valence-electron chi connectivity index (χ0n) is 11.3. The van der Waals surface area contributed by atoms with Gasteiger partial charge in [-0.1, -0.05) is 0 Å². The van der Waals surface area contributed by atoms with Crippen molar-refractivity contribution >= 4 is 17.6 Å². The topological polar surface area (TPSA) is 60.9 Å². The van der Waals surface area contributed by atoms with Gasteiger partial charge >= 0.3 is 6.09 Å². The zero-order valence-corrected chi connectivity index (χ0v) is 11.3. The summed E-state index contributed by atoms with van der Waals surface area (Å²) in [5, 5.41) is 9.03. The average molecular weight is 296 g/mol. The average Bonchev–Trinajstić information content (AvgIpc) is 2.96. The molecule has 2 unspecified atom stereocenters. The molecule has 7 heteroatoms. The number of carbonyl (C=O) groups is 2. The number of hydrogen-bond donors (Lipinski definition) is 1. The van der Waals surface area contributed by atoms with Gasteiger partial charge in [-0.2, -0.15) is 0 Å². The van der Waals surface area contributed by atoms with Crippen LogP contribution in [0.1, 0.15) is 23.7 Å². The number of ketones is 1. The van der Waals surface area contributed by atoms with Gasteiger partial charge < -0.3 is 14.9 Å². The largest absolute Gasteiger partial charge is 0.465 e. The van der Waals surface area contributed by atoms with Crippen LogP contribution < -0.4 is 4.90 Å². The lowest BCUT2D eigenvalue weighted by molar-refractivity contribution is 0.100. The number of benzene rings is 1. The predicted molar refractivity (Wildman–Crippen MR) is 70.6 cm³/mol. The van der Waals surface area contributed by atoms with E-state index in [1.807, 2.05) is 0 Å². The van der Waals surface area contributed by atoms with Crippen LogP contribution in [0.2, 0.25) is 0 Å². The molecule has 2 fully saturated rings. The maximum Gasteiger partial charge on any atom is 0.407 e. The highest BCUT2D eigenvalue weighted by atomic mass is 19.1. The number of piperazine rings is 1. The number of amides is 1. The monoisotopic (exact) mass is 296 g/mol. The molecule has 3 rings (SSSR count). The number of anilines is 1. The molecule has 1 N–H and O–H groups in total. The molecular weight excluding hydrogens is 282 g/mol. The van der Waals surface area contributed by atoms with Gasteiger partial charge in [0.25, 0.3) is 0 Å². The Morgan fingerprint density at radius 3 is 2.24 bits per heavy atom. The number of likely N-dealkylation sites (tertiary alicyclic amines) is 1. The summed E-state index contributed by atoms with van der Waals surface area (Å²) in [6.07, 6.45) is -0.310. The Labute approximate surface area is 119 Å². The molecule has 1 aromatic rings. The van der Waals surface area contributed by atoms with Crippen molar-refractivity contribution in [3.8, 4) is 0 Å². The molecule has 2 saturated heterocycles. The summed E-state index contributed by atoms with van der Waals surface area (Å²) in [5.41, 5.74) is -0.178. The van der Waals surface area contributed by atoms with E-state index in [0.29, 0.717) is 25.2 Å². The highest BCUT2D eigenvalue weighted by molar-refractivity contribution is 5.95. The van der Waals surface area contributed by atoms with E-state index in [1.165, 1.54) is 4.90 Å². The van der Waals surface area contributed by atoms with Crippen LogP contribution in [-0.2, 0) is 0 Å². The maximum atomic E-state index is 13.9. The Morgan fingerprint density at radius 1 is 1.19 bits per heavy atom. The fourth-order valence-corrected chi connectivity index (χ4v) is 3.28. The van der Waals surface area contributed by atoms with Crippen LogP contribution in [-0.4, -0.2) is 47.1 Å². The number of nitrogens with zero attached hydrogens (tertiary/aromatic N) is 2. The minimum Gasteiger partial charge on any atom is -0.465 e. The fraction of sp³-hybridized carbons (Fsp3) is 0.429. The van der Waals surface area contributed by atoms with E-state index in [0.717, 1.165) is 19.1 Å². The molecule has 5 nitrogen and oxygen atoms in total. The van der Waals surface area contributed by atoms with Crippen LogP contribution in [0.4, 0.5) is 19.3 Å². The van der Waals surface area contributed by atoms with Gasteiger partial charge in [-0.15, -0.1) is 0 Å². The highest BCUT2D eigenvalue weighted by Crippen LogP contribution is 2.35. The normalized spacial score (nSPS) is 23.8. The van der Waals surface area contributed by atoms with E-state index in [4.69, 9.17) is 5.11 Å². The van der Waals surface area contributed by atoms with Crippen molar-refractivity contribution in [2.45, 2.75) is 25.4 Å². The van der Waals surface area contributed by atoms with E-state index in [2.05, 4.69) is 0 Å². The van der Waals surface area contributed by atoms with E-state index < -0.39 is 29.1 Å². The third-order valence-corrected chi connectivity index (χ3v) is 4.20. The van der Waals surface area contributed by atoms with Crippen LogP contribution in [0.5, 0.6) is 0 Å². The third kappa shape index (κ3) is 2.12. The smallest absolute Gasteiger partial charge is 0.407 e. The Kier molecular flexibility index (Phi) is 3.07. The number of fused-ring (bicyclic) bond motifs is 2. The molecular formula is C14H14F2N2O3. The summed E-state index contributed by atoms with van der Waals surface area (Å²) in [7, 11) is 0. The standard InChI is InChI=1S/C14H14F2N2O3/c1-7(19)13-11(15)3-8(4-12(13)16)17-5-10-2-9(17)6-18(10)14(20)21/h3-4,9-10H,2,5-6H2,1H3,(H,20,21). The van der Waals surface area contributed by atoms with Crippen molar-refractivity contribution in [3.63, 3.8) is 0 Å². The van der Waals surface area contributed by atoms with E-state index in [1.54, 1.807) is 4.90 Å². The number of halogens is 2. The first-order chi connectivity index (χ1) is 9.88. The van der Waals surface area contributed by atoms with Gasteiger partial charge in [0.05, 0.1) is 11.6 Å². The van der Waals surface area contributed by atoms with Crippen molar-refractivity contribution < 1.29 is 23.5 Å². The van der Waals surface area contributed by atoms with Gasteiger partial charge in [-0.3, -0.25) is 4.79 Å². The fourth-order valence-electron chi connectivity index (χ4n) is 3.28. The quantitative estimate of drug-likeness (QED) is 0.849.